The van der Waals surface area contributed by atoms with Crippen molar-refractivity contribution in [2.45, 2.75) is 0 Å². The lowest BCUT2D eigenvalue weighted by Crippen LogP contribution is -2.06. The van der Waals surface area contributed by atoms with Crippen LogP contribution in [-0.4, -0.2) is 83.9 Å². The van der Waals surface area contributed by atoms with Crippen LogP contribution in [0, 0.1) is 34.0 Å². The summed E-state index contributed by atoms with van der Waals surface area (Å²) in [5.41, 5.74) is 22.1. The molecule has 0 saturated carbocycles. The fourth-order valence-corrected chi connectivity index (χ4v) is 18.9. The summed E-state index contributed by atoms with van der Waals surface area (Å²) >= 11 is 0. The first-order valence-electron chi connectivity index (χ1n) is 47.5. The van der Waals surface area contributed by atoms with Gasteiger partial charge in [-0.2, -0.15) is 15.8 Å². The molecule has 0 aliphatic carbocycles. The number of hydrogen-bond donors (Lipinski definition) is 0. The van der Waals surface area contributed by atoms with Gasteiger partial charge in [0.15, 0.2) is 87.4 Å². The van der Waals surface area contributed by atoms with Crippen LogP contribution in [0.25, 0.3) is 259 Å². The van der Waals surface area contributed by atoms with Crippen molar-refractivity contribution >= 4 is 43.6 Å². The van der Waals surface area contributed by atoms with Crippen molar-refractivity contribution in [2.75, 3.05) is 0 Å². The predicted octanol–water partition coefficient (Wildman–Crippen LogP) is 28.4. The average molecular weight is 1870 g/mol. The van der Waals surface area contributed by atoms with Gasteiger partial charge in [-0.05, 0) is 167 Å². The number of hydrogen-bond acceptors (Lipinski definition) is 18. The zero-order valence-electron chi connectivity index (χ0n) is 77.7. The maximum atomic E-state index is 10.7. The minimum Gasteiger partial charge on any atom is -0.308 e. The Morgan fingerprint density at radius 1 is 0.137 bits per heavy atom. The van der Waals surface area contributed by atoms with Crippen molar-refractivity contribution in [1.29, 1.82) is 15.8 Å². The fourth-order valence-electron chi connectivity index (χ4n) is 18.9. The summed E-state index contributed by atoms with van der Waals surface area (Å²) < 4.78 is 4.52. The van der Waals surface area contributed by atoms with E-state index in [1.165, 1.54) is 0 Å². The van der Waals surface area contributed by atoms with Crippen LogP contribution in [0.1, 0.15) is 16.7 Å². The van der Waals surface area contributed by atoms with Crippen LogP contribution in [-0.2, 0) is 0 Å². The first-order chi connectivity index (χ1) is 72.1. The summed E-state index contributed by atoms with van der Waals surface area (Å²) in [4.78, 5) is 80.5. The van der Waals surface area contributed by atoms with Crippen molar-refractivity contribution < 1.29 is 0 Å². The highest BCUT2D eigenvalue weighted by atomic mass is 15.1. The lowest BCUT2D eigenvalue weighted by atomic mass is 9.99. The number of nitriles is 3. The quantitative estimate of drug-likeness (QED) is 0.0685. The minimum atomic E-state index is 0.294. The van der Waals surface area contributed by atoms with Crippen LogP contribution < -0.4 is 0 Å². The van der Waals surface area contributed by atoms with Crippen molar-refractivity contribution in [1.82, 2.24) is 83.9 Å². The summed E-state index contributed by atoms with van der Waals surface area (Å²) in [7, 11) is 0. The number of rotatable bonds is 20. The molecule has 7 aromatic heterocycles. The van der Waals surface area contributed by atoms with E-state index in [1.54, 1.807) is 18.2 Å². The second kappa shape index (κ2) is 37.4. The van der Waals surface area contributed by atoms with Gasteiger partial charge in [0.05, 0.1) is 68.3 Å². The van der Waals surface area contributed by atoms with Crippen molar-refractivity contribution in [3.05, 3.63) is 466 Å². The molecule has 146 heavy (non-hydrogen) atoms. The molecule has 0 radical (unpaired) electrons. The largest absolute Gasteiger partial charge is 0.308 e. The van der Waals surface area contributed by atoms with E-state index in [-0.39, 0.29) is 0 Å². The predicted molar refractivity (Wildman–Crippen MR) is 574 cm³/mol. The molecular weight excluding hydrogens is 1790 g/mol. The normalized spacial score (nSPS) is 11.3. The standard InChI is InChI=1S/C126H74N20/c127-75-78-28-25-47-91(66-78)81-50-52-90(53-51-81)120-142-125(100-60-54-94(92-48-26-29-79(67-92)76-128)73-110(100)145-106-62-56-96(121-134-112(82-31-9-1-10-32-82)130-113(135-121)83-33-11-2-12-34-83)69-102(106)103-70-97(57-63-107(103)145)122-136-114(84-35-13-3-14-36-84)131-115(137-122)85-37-15-4-16-38-85)144-126(143-120)101-61-55-95(93-49-27-30-80(68-93)77-129)74-111(101)146-108-64-58-98(123-138-116(86-39-17-5-18-40-86)132-117(139-123)87-41-19-6-20-42-87)71-104(108)105-72-99(59-65-109(105)146)124-140-118(88-43-21-7-22-44-88)133-119(141-124)89-45-23-8-24-46-89/h1-74H. The molecule has 0 aliphatic heterocycles. The third-order valence-electron chi connectivity index (χ3n) is 26.1. The van der Waals surface area contributed by atoms with E-state index in [4.69, 9.17) is 74.8 Å². The molecule has 25 aromatic rings. The van der Waals surface area contributed by atoms with E-state index < -0.39 is 0 Å². The summed E-state index contributed by atoms with van der Waals surface area (Å²) in [6.45, 7) is 0. The Morgan fingerprint density at radius 2 is 0.308 bits per heavy atom. The van der Waals surface area contributed by atoms with Gasteiger partial charge in [-0.25, -0.2) is 74.8 Å². The van der Waals surface area contributed by atoms with Crippen LogP contribution in [0.3, 0.4) is 0 Å². The third-order valence-corrected chi connectivity index (χ3v) is 26.1. The number of benzene rings is 18. The Labute approximate surface area is 837 Å². The molecule has 0 saturated heterocycles. The molecule has 18 aromatic carbocycles. The fraction of sp³-hybridized carbons (Fsp3) is 0. The summed E-state index contributed by atoms with van der Waals surface area (Å²) in [6, 6.07) is 155. The molecule has 7 heterocycles. The molecular formula is C126H74N20. The van der Waals surface area contributed by atoms with E-state index in [2.05, 4.69) is 137 Å². The monoisotopic (exact) mass is 1870 g/mol. The van der Waals surface area contributed by atoms with Crippen LogP contribution in [0.4, 0.5) is 0 Å². The van der Waals surface area contributed by atoms with Crippen molar-refractivity contribution in [2.24, 2.45) is 0 Å². The van der Waals surface area contributed by atoms with E-state index in [0.29, 0.717) is 154 Å². The summed E-state index contributed by atoms with van der Waals surface area (Å²) in [5, 5.41) is 34.9. The zero-order chi connectivity index (χ0) is 97.5. The van der Waals surface area contributed by atoms with E-state index >= 15 is 0 Å². The van der Waals surface area contributed by atoms with Crippen LogP contribution in [0.5, 0.6) is 0 Å². The molecule has 0 fully saturated rings. The van der Waals surface area contributed by atoms with E-state index in [1.807, 2.05) is 322 Å². The van der Waals surface area contributed by atoms with Gasteiger partial charge in [-0.1, -0.05) is 315 Å². The maximum Gasteiger partial charge on any atom is 0.166 e. The molecule has 0 unspecified atom stereocenters. The van der Waals surface area contributed by atoms with Gasteiger partial charge >= 0.3 is 0 Å². The second-order valence-electron chi connectivity index (χ2n) is 35.2. The first kappa shape index (κ1) is 86.6. The number of nitrogens with zero attached hydrogens (tertiary/aromatic N) is 20. The topological polar surface area (TPSA) is 275 Å². The molecule has 0 aliphatic rings. The number of aromatic nitrogens is 17. The summed E-state index contributed by atoms with van der Waals surface area (Å²) in [5.74, 6) is 6.75. The van der Waals surface area contributed by atoms with E-state index in [9.17, 15) is 15.8 Å². The van der Waals surface area contributed by atoms with Gasteiger partial charge in [-0.15, -0.1) is 0 Å². The molecule has 25 rings (SSSR count). The Hall–Kier alpha value is -20.9. The highest BCUT2D eigenvalue weighted by molar-refractivity contribution is 6.14. The smallest absolute Gasteiger partial charge is 0.166 e. The van der Waals surface area contributed by atoms with Crippen LogP contribution in [0.15, 0.2) is 449 Å². The highest BCUT2D eigenvalue weighted by Gasteiger charge is 2.29. The molecule has 0 bridgehead atoms. The molecule has 0 spiro atoms. The Bertz CT molecular complexity index is 8470. The van der Waals surface area contributed by atoms with Crippen molar-refractivity contribution in [3.8, 4) is 234 Å². The lowest BCUT2D eigenvalue weighted by molar-refractivity contribution is 1.06. The average Bonchev–Trinajstić information content (AvgIpc) is 1.21. The van der Waals surface area contributed by atoms with Gasteiger partial charge in [0.2, 0.25) is 0 Å². The molecule has 20 nitrogen and oxygen atoms in total. The Balaban J connectivity index is 0.756. The van der Waals surface area contributed by atoms with Gasteiger partial charge < -0.3 is 9.13 Å². The Morgan fingerprint density at radius 3 is 0.541 bits per heavy atom. The molecule has 0 N–H and O–H groups in total. The van der Waals surface area contributed by atoms with Crippen LogP contribution in [0.2, 0.25) is 0 Å². The minimum absolute atomic E-state index is 0.294. The SMILES string of the molecule is N#Cc1cccc(-c2ccc(-c3nc(-c4ccc(-c5cccc(C#N)c5)cc4-n4c5ccc(-c6nc(-c7ccccc7)nc(-c7ccccc7)n6)cc5c5cc(-c6nc(-c7ccccc7)nc(-c7ccccc7)n6)ccc54)nc(-c4ccc(-c5cccc(C#N)c5)cc4-n4c5ccc(-c6nc(-c7ccccc7)nc(-c7ccccc7)n6)cc5c5cc(-c6nc(-c7ccccc7)nc(-c7ccccc7)n6)ccc54)n3)cc2)c1. The number of fused-ring (bicyclic) bond motifs is 6. The molecule has 678 valence electrons. The van der Waals surface area contributed by atoms with Crippen molar-refractivity contribution in [3.63, 3.8) is 0 Å². The maximum absolute atomic E-state index is 10.7. The zero-order valence-corrected chi connectivity index (χ0v) is 77.7. The lowest BCUT2D eigenvalue weighted by Gasteiger charge is -2.18. The third kappa shape index (κ3) is 16.7. The highest BCUT2D eigenvalue weighted by Crippen LogP contribution is 2.46. The van der Waals surface area contributed by atoms with Gasteiger partial charge in [0.1, 0.15) is 0 Å². The first-order valence-corrected chi connectivity index (χ1v) is 47.5. The second-order valence-corrected chi connectivity index (χ2v) is 35.2. The van der Waals surface area contributed by atoms with Gasteiger partial charge in [0.25, 0.3) is 0 Å². The molecule has 0 atom stereocenters. The van der Waals surface area contributed by atoms with Gasteiger partial charge in [0, 0.05) is 105 Å². The van der Waals surface area contributed by atoms with Gasteiger partial charge in [-0.3, -0.25) is 0 Å². The Kier molecular flexibility index (Phi) is 22.2. The van der Waals surface area contributed by atoms with E-state index in [0.717, 1.165) is 122 Å². The molecule has 20 heteroatoms. The summed E-state index contributed by atoms with van der Waals surface area (Å²) in [6.07, 6.45) is 0. The molecule has 0 amide bonds. The van der Waals surface area contributed by atoms with Crippen LogP contribution >= 0.6 is 0 Å².